The van der Waals surface area contributed by atoms with E-state index in [4.69, 9.17) is 0 Å². The first-order valence-electron chi connectivity index (χ1n) is 5.22. The summed E-state index contributed by atoms with van der Waals surface area (Å²) < 4.78 is 50.3. The lowest BCUT2D eigenvalue weighted by atomic mass is 10.2. The number of rotatable bonds is 3. The first kappa shape index (κ1) is 13.3. The molecule has 0 fully saturated rings. The number of halogens is 4. The zero-order chi connectivity index (χ0) is 14.2. The van der Waals surface area contributed by atoms with Gasteiger partial charge in [0.15, 0.2) is 0 Å². The van der Waals surface area contributed by atoms with Crippen molar-refractivity contribution in [2.75, 3.05) is 0 Å². The lowest BCUT2D eigenvalue weighted by molar-refractivity contribution is -0.255. The summed E-state index contributed by atoms with van der Waals surface area (Å²) in [5, 5.41) is 14.4. The molecule has 0 aliphatic carbocycles. The van der Waals surface area contributed by atoms with E-state index in [0.29, 0.717) is 0 Å². The Balaban J connectivity index is 2.48. The van der Waals surface area contributed by atoms with Gasteiger partial charge in [0.1, 0.15) is 11.5 Å². The van der Waals surface area contributed by atoms with Gasteiger partial charge >= 0.3 is 6.18 Å². The number of nitrogens with zero attached hydrogens (tertiary/aromatic N) is 2. The highest BCUT2D eigenvalue weighted by Crippen LogP contribution is 2.24. The molecule has 2 rings (SSSR count). The molecule has 0 aliphatic rings. The maximum absolute atomic E-state index is 13.1. The van der Waals surface area contributed by atoms with Crippen LogP contribution < -0.4 is 5.11 Å². The third-order valence-corrected chi connectivity index (χ3v) is 2.51. The van der Waals surface area contributed by atoms with Gasteiger partial charge < -0.3 is 9.90 Å². The van der Waals surface area contributed by atoms with Crippen LogP contribution in [0.5, 0.6) is 0 Å². The first-order chi connectivity index (χ1) is 8.78. The van der Waals surface area contributed by atoms with Gasteiger partial charge in [0.25, 0.3) is 0 Å². The van der Waals surface area contributed by atoms with Gasteiger partial charge in [-0.1, -0.05) is 0 Å². The number of carbonyl (C=O) groups excluding carboxylic acids is 1. The van der Waals surface area contributed by atoms with Gasteiger partial charge in [-0.3, -0.25) is 4.68 Å². The van der Waals surface area contributed by atoms with E-state index in [2.05, 4.69) is 5.10 Å². The van der Waals surface area contributed by atoms with Crippen LogP contribution in [0.3, 0.4) is 0 Å². The van der Waals surface area contributed by atoms with E-state index in [1.54, 1.807) is 0 Å². The first-order valence-corrected chi connectivity index (χ1v) is 5.22. The Morgan fingerprint density at radius 3 is 2.63 bits per heavy atom. The molecule has 1 aromatic carbocycles. The molecule has 0 saturated heterocycles. The second-order valence-electron chi connectivity index (χ2n) is 3.89. The Morgan fingerprint density at radius 2 is 2.05 bits per heavy atom. The molecule has 4 nitrogen and oxygen atoms in total. The summed E-state index contributed by atoms with van der Waals surface area (Å²) in [5.41, 5.74) is -0.513. The van der Waals surface area contributed by atoms with Crippen molar-refractivity contribution < 1.29 is 27.5 Å². The highest BCUT2D eigenvalue weighted by molar-refractivity contribution is 6.00. The molecule has 0 amide bonds. The Hall–Kier alpha value is -2.12. The van der Waals surface area contributed by atoms with Crippen LogP contribution in [0.2, 0.25) is 0 Å². The average Bonchev–Trinajstić information content (AvgIpc) is 2.63. The van der Waals surface area contributed by atoms with Crippen molar-refractivity contribution in [3.63, 3.8) is 0 Å². The molecule has 0 unspecified atom stereocenters. The minimum atomic E-state index is -4.41. The summed E-state index contributed by atoms with van der Waals surface area (Å²) in [5.74, 6) is -2.31. The van der Waals surface area contributed by atoms with Gasteiger partial charge in [0.05, 0.1) is 24.5 Å². The van der Waals surface area contributed by atoms with Gasteiger partial charge in [-0.25, -0.2) is 4.39 Å². The fraction of sp³-hybridized carbons (Fsp3) is 0.273. The van der Waals surface area contributed by atoms with Crippen molar-refractivity contribution >= 4 is 16.9 Å². The Kier molecular flexibility index (Phi) is 3.17. The number of aryl methyl sites for hydroxylation is 1. The number of hydrogen-bond acceptors (Lipinski definition) is 3. The fourth-order valence-electron chi connectivity index (χ4n) is 1.70. The number of benzene rings is 1. The van der Waals surface area contributed by atoms with Crippen molar-refractivity contribution in [1.29, 1.82) is 0 Å². The molecule has 0 N–H and O–H groups in total. The molecule has 2 aromatic rings. The third kappa shape index (κ3) is 2.83. The van der Waals surface area contributed by atoms with Crippen LogP contribution in [0, 0.1) is 5.82 Å². The SMILES string of the molecule is O=C([O-])c1nn(CCC(F)(F)F)c2cc(F)ccc12. The third-order valence-electron chi connectivity index (χ3n) is 2.51. The predicted octanol–water partition coefficient (Wildman–Crippen LogP) is 1.49. The molecule has 19 heavy (non-hydrogen) atoms. The fourth-order valence-corrected chi connectivity index (χ4v) is 1.70. The zero-order valence-electron chi connectivity index (χ0n) is 9.37. The Labute approximate surface area is 104 Å². The highest BCUT2D eigenvalue weighted by Gasteiger charge is 2.27. The van der Waals surface area contributed by atoms with Crippen LogP contribution in [-0.2, 0) is 6.54 Å². The summed E-state index contributed by atoms with van der Waals surface area (Å²) in [6.45, 7) is -0.587. The summed E-state index contributed by atoms with van der Waals surface area (Å²) in [7, 11) is 0. The lowest BCUT2D eigenvalue weighted by Gasteiger charge is -2.07. The Bertz CT molecular complexity index is 633. The number of carboxylic acids is 1. The van der Waals surface area contributed by atoms with Crippen molar-refractivity contribution in [2.45, 2.75) is 19.1 Å². The van der Waals surface area contributed by atoms with E-state index in [9.17, 15) is 27.5 Å². The minimum absolute atomic E-state index is 0.0107. The number of hydrogen-bond donors (Lipinski definition) is 0. The number of carbonyl (C=O) groups is 1. The Morgan fingerprint density at radius 1 is 1.37 bits per heavy atom. The molecule has 0 spiro atoms. The van der Waals surface area contributed by atoms with Gasteiger partial charge in [0, 0.05) is 5.39 Å². The standard InChI is InChI=1S/C11H8F4N2O2/c12-6-1-2-7-8(5-6)17(4-3-11(13,14)15)16-9(7)10(18)19/h1-2,5H,3-4H2,(H,18,19)/p-1. The second-order valence-corrected chi connectivity index (χ2v) is 3.89. The van der Waals surface area contributed by atoms with Crippen LogP contribution in [-0.4, -0.2) is 21.9 Å². The summed E-state index contributed by atoms with van der Waals surface area (Å²) in [6, 6.07) is 3.09. The largest absolute Gasteiger partial charge is 0.543 e. The predicted molar refractivity (Wildman–Crippen MR) is 54.7 cm³/mol. The molecule has 0 saturated carbocycles. The zero-order valence-corrected chi connectivity index (χ0v) is 9.37. The quantitative estimate of drug-likeness (QED) is 0.797. The van der Waals surface area contributed by atoms with Gasteiger partial charge in [-0.05, 0) is 18.2 Å². The van der Waals surface area contributed by atoms with Crippen LogP contribution in [0.4, 0.5) is 17.6 Å². The van der Waals surface area contributed by atoms with E-state index < -0.39 is 36.6 Å². The highest BCUT2D eigenvalue weighted by atomic mass is 19.4. The van der Waals surface area contributed by atoms with E-state index in [1.165, 1.54) is 0 Å². The lowest BCUT2D eigenvalue weighted by Crippen LogP contribution is -2.23. The summed E-state index contributed by atoms with van der Waals surface area (Å²) >= 11 is 0. The van der Waals surface area contributed by atoms with Crippen LogP contribution >= 0.6 is 0 Å². The van der Waals surface area contributed by atoms with E-state index in [1.807, 2.05) is 0 Å². The van der Waals surface area contributed by atoms with E-state index >= 15 is 0 Å². The van der Waals surface area contributed by atoms with E-state index in [-0.39, 0.29) is 10.9 Å². The van der Waals surface area contributed by atoms with Crippen LogP contribution in [0.25, 0.3) is 10.9 Å². The summed E-state index contributed by atoms with van der Waals surface area (Å²) in [4.78, 5) is 10.8. The molecule has 102 valence electrons. The molecular formula is C11H7F4N2O2-. The molecule has 1 aromatic heterocycles. The van der Waals surface area contributed by atoms with Crippen molar-refractivity contribution in [2.24, 2.45) is 0 Å². The van der Waals surface area contributed by atoms with Crippen molar-refractivity contribution in [1.82, 2.24) is 9.78 Å². The van der Waals surface area contributed by atoms with Crippen LogP contribution in [0.1, 0.15) is 16.9 Å². The molecule has 0 aliphatic heterocycles. The molecule has 0 atom stereocenters. The average molecular weight is 275 g/mol. The van der Waals surface area contributed by atoms with E-state index in [0.717, 1.165) is 22.9 Å². The number of alkyl halides is 3. The topological polar surface area (TPSA) is 57.9 Å². The number of carboxylic acid groups (broad SMARTS) is 1. The smallest absolute Gasteiger partial charge is 0.390 e. The van der Waals surface area contributed by atoms with Crippen molar-refractivity contribution in [3.8, 4) is 0 Å². The maximum Gasteiger partial charge on any atom is 0.390 e. The normalized spacial score (nSPS) is 12.0. The van der Waals surface area contributed by atoms with Crippen molar-refractivity contribution in [3.05, 3.63) is 29.7 Å². The number of aromatic carboxylic acids is 1. The second kappa shape index (κ2) is 4.52. The molecule has 0 bridgehead atoms. The van der Waals surface area contributed by atoms with Crippen LogP contribution in [0.15, 0.2) is 18.2 Å². The van der Waals surface area contributed by atoms with Gasteiger partial charge in [-0.15, -0.1) is 0 Å². The number of aromatic nitrogens is 2. The summed E-state index contributed by atoms with van der Waals surface area (Å²) in [6.07, 6.45) is -5.60. The molecule has 8 heteroatoms. The number of fused-ring (bicyclic) bond motifs is 1. The molecule has 0 radical (unpaired) electrons. The van der Waals surface area contributed by atoms with Gasteiger partial charge in [0.2, 0.25) is 0 Å². The monoisotopic (exact) mass is 275 g/mol. The van der Waals surface area contributed by atoms with Gasteiger partial charge in [-0.2, -0.15) is 18.3 Å². The molecular weight excluding hydrogens is 268 g/mol. The minimum Gasteiger partial charge on any atom is -0.543 e. The molecule has 1 heterocycles. The maximum atomic E-state index is 13.1.